The van der Waals surface area contributed by atoms with Crippen molar-refractivity contribution in [1.82, 2.24) is 0 Å². The van der Waals surface area contributed by atoms with Gasteiger partial charge in [0, 0.05) is 0 Å². The summed E-state index contributed by atoms with van der Waals surface area (Å²) >= 11 is 1.53. The molecule has 0 unspecified atom stereocenters. The predicted molar refractivity (Wildman–Crippen MR) is 62.1 cm³/mol. The Kier molecular flexibility index (Phi) is 4.08. The first-order valence-corrected chi connectivity index (χ1v) is 5.84. The van der Waals surface area contributed by atoms with Crippen LogP contribution in [0.3, 0.4) is 0 Å². The lowest BCUT2D eigenvalue weighted by Gasteiger charge is -1.99. The Morgan fingerprint density at radius 3 is 2.50 bits per heavy atom. The summed E-state index contributed by atoms with van der Waals surface area (Å²) in [7, 11) is 0. The predicted octanol–water partition coefficient (Wildman–Crippen LogP) is 3.99. The highest BCUT2D eigenvalue weighted by Crippen LogP contribution is 2.18. The highest BCUT2D eigenvalue weighted by Gasteiger charge is 2.07. The van der Waals surface area contributed by atoms with Gasteiger partial charge in [-0.1, -0.05) is 19.4 Å². The molecule has 0 saturated heterocycles. The van der Waals surface area contributed by atoms with Crippen LogP contribution >= 0.6 is 11.3 Å². The summed E-state index contributed by atoms with van der Waals surface area (Å²) in [5, 5.41) is 1.97. The molecule has 0 fully saturated rings. The second-order valence-electron chi connectivity index (χ2n) is 3.31. The van der Waals surface area contributed by atoms with Crippen LogP contribution in [0.2, 0.25) is 0 Å². The molecular weight excluding hydrogens is 192 g/mol. The fraction of sp³-hybridized carbons (Fsp3) is 0.417. The number of hydrogen-bond acceptors (Lipinski definition) is 2. The summed E-state index contributed by atoms with van der Waals surface area (Å²) in [6.45, 7) is 6.16. The van der Waals surface area contributed by atoms with E-state index in [1.54, 1.807) is 6.08 Å². The molecular formula is C12H16OS. The Labute approximate surface area is 89.5 Å². The zero-order valence-electron chi connectivity index (χ0n) is 8.96. The van der Waals surface area contributed by atoms with Crippen LogP contribution in [-0.4, -0.2) is 5.78 Å². The molecule has 0 atom stereocenters. The summed E-state index contributed by atoms with van der Waals surface area (Å²) in [6.07, 6.45) is 3.72. The van der Waals surface area contributed by atoms with Crippen LogP contribution in [0.15, 0.2) is 23.1 Å². The monoisotopic (exact) mass is 208 g/mol. The summed E-state index contributed by atoms with van der Waals surface area (Å²) in [6, 6.07) is 1.99. The molecule has 0 N–H and O–H groups in total. The topological polar surface area (TPSA) is 17.1 Å². The zero-order chi connectivity index (χ0) is 10.6. The van der Waals surface area contributed by atoms with Crippen LogP contribution in [0.5, 0.6) is 0 Å². The van der Waals surface area contributed by atoms with Gasteiger partial charge in [0.15, 0.2) is 5.78 Å². The maximum atomic E-state index is 11.8. The average molecular weight is 208 g/mol. The van der Waals surface area contributed by atoms with Crippen LogP contribution in [-0.2, 0) is 0 Å². The van der Waals surface area contributed by atoms with E-state index < -0.39 is 0 Å². The van der Waals surface area contributed by atoms with E-state index >= 15 is 0 Å². The molecule has 1 nitrogen and oxygen atoms in total. The van der Waals surface area contributed by atoms with Crippen molar-refractivity contribution in [3.05, 3.63) is 33.5 Å². The second-order valence-corrected chi connectivity index (χ2v) is 4.22. The van der Waals surface area contributed by atoms with Gasteiger partial charge < -0.3 is 0 Å². The van der Waals surface area contributed by atoms with Gasteiger partial charge >= 0.3 is 0 Å². The Balaban J connectivity index is 2.86. The molecule has 0 aliphatic carbocycles. The van der Waals surface area contributed by atoms with E-state index in [-0.39, 0.29) is 5.78 Å². The minimum absolute atomic E-state index is 0.163. The number of rotatable bonds is 4. The van der Waals surface area contributed by atoms with Gasteiger partial charge in [0.2, 0.25) is 0 Å². The van der Waals surface area contributed by atoms with Crippen molar-refractivity contribution in [1.29, 1.82) is 0 Å². The minimum Gasteiger partial charge on any atom is -0.288 e. The molecule has 1 aromatic rings. The van der Waals surface area contributed by atoms with Crippen molar-refractivity contribution in [3.8, 4) is 0 Å². The Bertz CT molecular complexity index is 341. The van der Waals surface area contributed by atoms with Gasteiger partial charge in [0.05, 0.1) is 4.88 Å². The second kappa shape index (κ2) is 5.11. The van der Waals surface area contributed by atoms with Crippen molar-refractivity contribution < 1.29 is 4.79 Å². The normalized spacial score (nSPS) is 9.93. The van der Waals surface area contributed by atoms with Crippen molar-refractivity contribution in [2.75, 3.05) is 0 Å². The lowest BCUT2D eigenvalue weighted by atomic mass is 10.1. The van der Waals surface area contributed by atoms with Crippen LogP contribution in [0.4, 0.5) is 0 Å². The first kappa shape index (κ1) is 11.2. The zero-order valence-corrected chi connectivity index (χ0v) is 9.78. The molecule has 1 rings (SSSR count). The number of carbonyl (C=O) groups is 1. The van der Waals surface area contributed by atoms with Gasteiger partial charge in [0.1, 0.15) is 0 Å². The van der Waals surface area contributed by atoms with E-state index in [2.05, 4.69) is 13.8 Å². The minimum atomic E-state index is 0.163. The molecule has 0 bridgehead atoms. The Morgan fingerprint density at radius 1 is 1.43 bits per heavy atom. The molecule has 0 saturated carbocycles. The van der Waals surface area contributed by atoms with Gasteiger partial charge in [0.25, 0.3) is 0 Å². The molecule has 0 aliphatic heterocycles. The molecule has 0 aromatic carbocycles. The molecule has 0 aliphatic rings. The smallest absolute Gasteiger partial charge is 0.195 e. The van der Waals surface area contributed by atoms with E-state index in [1.807, 2.05) is 18.4 Å². The van der Waals surface area contributed by atoms with E-state index in [0.717, 1.165) is 23.3 Å². The lowest BCUT2D eigenvalue weighted by Crippen LogP contribution is -1.95. The molecule has 0 spiro atoms. The van der Waals surface area contributed by atoms with Gasteiger partial charge in [-0.2, -0.15) is 0 Å². The number of hydrogen-bond donors (Lipinski definition) is 0. The first-order valence-electron chi connectivity index (χ1n) is 4.96. The SMILES string of the molecule is CCC(=CC(=O)c1sccc1C)CC. The average Bonchev–Trinajstić information content (AvgIpc) is 2.60. The maximum Gasteiger partial charge on any atom is 0.195 e. The summed E-state index contributed by atoms with van der Waals surface area (Å²) < 4.78 is 0. The maximum absolute atomic E-state index is 11.8. The molecule has 76 valence electrons. The first-order chi connectivity index (χ1) is 6.69. The standard InChI is InChI=1S/C12H16OS/c1-4-10(5-2)8-11(13)12-9(3)6-7-14-12/h6-8H,4-5H2,1-3H3. The van der Waals surface area contributed by atoms with Gasteiger partial charge in [-0.3, -0.25) is 4.79 Å². The molecule has 0 amide bonds. The quantitative estimate of drug-likeness (QED) is 0.540. The highest BCUT2D eigenvalue weighted by atomic mass is 32.1. The molecule has 1 aromatic heterocycles. The lowest BCUT2D eigenvalue weighted by molar-refractivity contribution is 0.104. The molecule has 14 heavy (non-hydrogen) atoms. The van der Waals surface area contributed by atoms with E-state index in [0.29, 0.717) is 0 Å². The van der Waals surface area contributed by atoms with Gasteiger partial charge in [-0.15, -0.1) is 11.3 Å². The Hall–Kier alpha value is -0.890. The fourth-order valence-corrected chi connectivity index (χ4v) is 2.17. The van der Waals surface area contributed by atoms with E-state index in [4.69, 9.17) is 0 Å². The number of thiophene rings is 1. The third kappa shape index (κ3) is 2.55. The highest BCUT2D eigenvalue weighted by molar-refractivity contribution is 7.12. The van der Waals surface area contributed by atoms with Crippen molar-refractivity contribution in [3.63, 3.8) is 0 Å². The number of allylic oxidation sites excluding steroid dienone is 2. The largest absolute Gasteiger partial charge is 0.288 e. The van der Waals surface area contributed by atoms with Crippen molar-refractivity contribution >= 4 is 17.1 Å². The molecule has 1 heterocycles. The fourth-order valence-electron chi connectivity index (χ4n) is 1.33. The number of ketones is 1. The third-order valence-electron chi connectivity index (χ3n) is 2.33. The van der Waals surface area contributed by atoms with Crippen LogP contribution in [0, 0.1) is 6.92 Å². The van der Waals surface area contributed by atoms with E-state index in [9.17, 15) is 4.79 Å². The summed E-state index contributed by atoms with van der Waals surface area (Å²) in [4.78, 5) is 12.7. The number of aryl methyl sites for hydroxylation is 1. The molecule has 2 heteroatoms. The Morgan fingerprint density at radius 2 is 2.07 bits per heavy atom. The van der Waals surface area contributed by atoms with Gasteiger partial charge in [-0.05, 0) is 42.9 Å². The van der Waals surface area contributed by atoms with E-state index in [1.165, 1.54) is 16.9 Å². The van der Waals surface area contributed by atoms with Crippen LogP contribution in [0.25, 0.3) is 0 Å². The van der Waals surface area contributed by atoms with Crippen LogP contribution in [0.1, 0.15) is 41.9 Å². The van der Waals surface area contributed by atoms with Crippen molar-refractivity contribution in [2.24, 2.45) is 0 Å². The van der Waals surface area contributed by atoms with Crippen molar-refractivity contribution in [2.45, 2.75) is 33.6 Å². The third-order valence-corrected chi connectivity index (χ3v) is 3.36. The number of carbonyl (C=O) groups excluding carboxylic acids is 1. The van der Waals surface area contributed by atoms with Crippen LogP contribution < -0.4 is 0 Å². The summed E-state index contributed by atoms with van der Waals surface area (Å²) in [5.41, 5.74) is 2.31. The summed E-state index contributed by atoms with van der Waals surface area (Å²) in [5.74, 6) is 0.163. The van der Waals surface area contributed by atoms with Gasteiger partial charge in [-0.25, -0.2) is 0 Å². The molecule has 0 radical (unpaired) electrons.